The maximum Gasteiger partial charge on any atom is 0.312 e. The quantitative estimate of drug-likeness (QED) is 0.257. The second kappa shape index (κ2) is 12.1. The van der Waals surface area contributed by atoms with Crippen LogP contribution >= 0.6 is 0 Å². The topological polar surface area (TPSA) is 42.0 Å². The van der Waals surface area contributed by atoms with Gasteiger partial charge in [-0.2, -0.15) is 0 Å². The zero-order chi connectivity index (χ0) is 18.7. The van der Waals surface area contributed by atoms with E-state index in [1.165, 1.54) is 18.1 Å². The van der Waals surface area contributed by atoms with Crippen molar-refractivity contribution in [3.8, 4) is 0 Å². The third-order valence-corrected chi connectivity index (χ3v) is 12.3. The summed E-state index contributed by atoms with van der Waals surface area (Å²) in [5.41, 5.74) is 0. The molecule has 0 atom stereocenters. The first-order chi connectivity index (χ1) is 12.1. The highest BCUT2D eigenvalue weighted by atomic mass is 28.3. The van der Waals surface area contributed by atoms with E-state index >= 15 is 0 Å². The van der Waals surface area contributed by atoms with Crippen LogP contribution in [-0.4, -0.2) is 72.4 Å². The Bertz CT molecular complexity index is 367. The minimum absolute atomic E-state index is 0.0532. The highest BCUT2D eigenvalue weighted by Gasteiger charge is 2.42. The van der Waals surface area contributed by atoms with Crippen LogP contribution in [0.1, 0.15) is 41.0 Å². The van der Waals surface area contributed by atoms with Gasteiger partial charge in [-0.15, -0.1) is 0 Å². The van der Waals surface area contributed by atoms with Gasteiger partial charge in [0.05, 0.1) is 0 Å². The molecular formula is C18H38N2O3Si2. The molecule has 0 aromatic carbocycles. The molecule has 1 heterocycles. The van der Waals surface area contributed by atoms with Crippen LogP contribution in [0.25, 0.3) is 0 Å². The second-order valence-electron chi connectivity index (χ2n) is 6.60. The van der Waals surface area contributed by atoms with E-state index in [0.29, 0.717) is 19.2 Å². The molecule has 0 aliphatic carbocycles. The van der Waals surface area contributed by atoms with Crippen molar-refractivity contribution in [2.45, 2.75) is 77.6 Å². The molecule has 7 heteroatoms. The molecule has 0 unspecified atom stereocenters. The number of amides is 2. The van der Waals surface area contributed by atoms with Crippen LogP contribution in [0.2, 0.25) is 30.2 Å². The number of hydrogen-bond acceptors (Lipinski definition) is 3. The Morgan fingerprint density at radius 2 is 1.64 bits per heavy atom. The third-order valence-electron chi connectivity index (χ3n) is 5.44. The molecule has 146 valence electrons. The molecule has 1 fully saturated rings. The fraction of sp³-hybridized carbons (Fsp3) is 0.944. The van der Waals surface area contributed by atoms with Crippen molar-refractivity contribution in [2.75, 3.05) is 32.8 Å². The lowest BCUT2D eigenvalue weighted by atomic mass is 10.4. The van der Waals surface area contributed by atoms with Crippen molar-refractivity contribution in [2.24, 2.45) is 0 Å². The van der Waals surface area contributed by atoms with Gasteiger partial charge in [0.25, 0.3) is 0 Å². The third kappa shape index (κ3) is 6.38. The summed E-state index contributed by atoms with van der Waals surface area (Å²) in [6.07, 6.45) is 1.03. The Morgan fingerprint density at radius 1 is 1.04 bits per heavy atom. The molecule has 2 amide bonds. The minimum Gasteiger partial charge on any atom is -0.353 e. The van der Waals surface area contributed by atoms with Gasteiger partial charge < -0.3 is 18.9 Å². The molecule has 0 bridgehead atoms. The summed E-state index contributed by atoms with van der Waals surface area (Å²) < 4.78 is 13.4. The van der Waals surface area contributed by atoms with Gasteiger partial charge in [0.15, 0.2) is 14.5 Å². The molecule has 25 heavy (non-hydrogen) atoms. The smallest absolute Gasteiger partial charge is 0.312 e. The number of rotatable bonds is 14. The van der Waals surface area contributed by atoms with E-state index in [0.717, 1.165) is 47.7 Å². The van der Waals surface area contributed by atoms with E-state index in [1.54, 1.807) is 0 Å². The fourth-order valence-corrected chi connectivity index (χ4v) is 8.56. The number of ether oxygens (including phenoxy) is 2. The Morgan fingerprint density at radius 3 is 2.16 bits per heavy atom. The molecule has 1 rings (SSSR count). The Balaban J connectivity index is 2.34. The first kappa shape index (κ1) is 22.7. The number of carbonyl (C=O) groups excluding carboxylic acids is 1. The summed E-state index contributed by atoms with van der Waals surface area (Å²) in [5, 5.41) is 0. The summed E-state index contributed by atoms with van der Waals surface area (Å²) in [6, 6.07) is 5.96. The van der Waals surface area contributed by atoms with Crippen LogP contribution in [-0.2, 0) is 9.47 Å². The van der Waals surface area contributed by atoms with Gasteiger partial charge >= 0.3 is 6.03 Å². The van der Waals surface area contributed by atoms with Crippen LogP contribution < -0.4 is 0 Å². The van der Waals surface area contributed by atoms with Crippen molar-refractivity contribution in [3.63, 3.8) is 0 Å². The largest absolute Gasteiger partial charge is 0.353 e. The average Bonchev–Trinajstić information content (AvgIpc) is 2.99. The summed E-state index contributed by atoms with van der Waals surface area (Å²) in [5.74, 6) is 0. The summed E-state index contributed by atoms with van der Waals surface area (Å²) in [7, 11) is -0.729. The highest BCUT2D eigenvalue weighted by Crippen LogP contribution is 2.28. The maximum atomic E-state index is 12.8. The Kier molecular flexibility index (Phi) is 11.0. The monoisotopic (exact) mass is 386 g/mol. The van der Waals surface area contributed by atoms with Crippen LogP contribution in [0.3, 0.4) is 0 Å². The molecule has 5 nitrogen and oxygen atoms in total. The lowest BCUT2D eigenvalue weighted by Crippen LogP contribution is -2.53. The predicted octanol–water partition coefficient (Wildman–Crippen LogP) is 4.06. The zero-order valence-electron chi connectivity index (χ0n) is 17.0. The molecule has 1 aliphatic rings. The standard InChI is InChI=1S/C18H38N2O3Si2/c1-6-22-17(23-7-2)16-24-15-11-12-19-13-14-20(18(19)21)25(8-3,9-4)10-5/h17H,6-16H2,1-5H3. The van der Waals surface area contributed by atoms with Gasteiger partial charge in [-0.3, -0.25) is 0 Å². The Hall–Kier alpha value is -0.376. The number of nitrogens with zero attached hydrogens (tertiary/aromatic N) is 2. The number of carbonyl (C=O) groups is 1. The maximum absolute atomic E-state index is 12.8. The van der Waals surface area contributed by atoms with Crippen molar-refractivity contribution < 1.29 is 14.3 Å². The Labute approximate surface area is 158 Å². The molecule has 1 saturated heterocycles. The van der Waals surface area contributed by atoms with Crippen molar-refractivity contribution in [1.82, 2.24) is 9.47 Å². The van der Waals surface area contributed by atoms with E-state index in [1.807, 2.05) is 13.8 Å². The molecule has 2 radical (unpaired) electrons. The predicted molar refractivity (Wildman–Crippen MR) is 108 cm³/mol. The van der Waals surface area contributed by atoms with Gasteiger partial charge in [-0.05, 0) is 44.4 Å². The molecule has 0 spiro atoms. The molecule has 0 aromatic heterocycles. The van der Waals surface area contributed by atoms with E-state index in [2.05, 4.69) is 30.2 Å². The zero-order valence-corrected chi connectivity index (χ0v) is 19.0. The fourth-order valence-electron chi connectivity index (χ4n) is 3.71. The van der Waals surface area contributed by atoms with Crippen LogP contribution in [0, 0.1) is 0 Å². The van der Waals surface area contributed by atoms with Gasteiger partial charge in [0, 0.05) is 42.4 Å². The SMILES string of the molecule is CCOC(C[Si]CCCN1CCN([Si](CC)(CC)CC)C1=O)OCC. The second-order valence-corrected chi connectivity index (χ2v) is 13.1. The van der Waals surface area contributed by atoms with E-state index in [-0.39, 0.29) is 6.29 Å². The first-order valence-corrected chi connectivity index (χ1v) is 14.1. The van der Waals surface area contributed by atoms with Crippen molar-refractivity contribution in [3.05, 3.63) is 0 Å². The number of urea groups is 1. The highest BCUT2D eigenvalue weighted by molar-refractivity contribution is 6.79. The summed E-state index contributed by atoms with van der Waals surface area (Å²) in [4.78, 5) is 14.9. The van der Waals surface area contributed by atoms with E-state index in [4.69, 9.17) is 9.47 Å². The van der Waals surface area contributed by atoms with E-state index < -0.39 is 8.24 Å². The van der Waals surface area contributed by atoms with Crippen LogP contribution in [0.15, 0.2) is 0 Å². The lowest BCUT2D eigenvalue weighted by molar-refractivity contribution is -0.123. The normalized spacial score (nSPS) is 15.7. The van der Waals surface area contributed by atoms with Gasteiger partial charge in [-0.1, -0.05) is 26.8 Å². The molecule has 0 saturated carbocycles. The van der Waals surface area contributed by atoms with E-state index in [9.17, 15) is 4.79 Å². The van der Waals surface area contributed by atoms with Crippen LogP contribution in [0.4, 0.5) is 4.79 Å². The van der Waals surface area contributed by atoms with Crippen LogP contribution in [0.5, 0.6) is 0 Å². The lowest BCUT2D eigenvalue weighted by Gasteiger charge is -2.37. The van der Waals surface area contributed by atoms with Crippen molar-refractivity contribution >= 4 is 23.8 Å². The van der Waals surface area contributed by atoms with Crippen molar-refractivity contribution in [1.29, 1.82) is 0 Å². The minimum atomic E-state index is -1.57. The molecule has 0 aromatic rings. The van der Waals surface area contributed by atoms with Gasteiger partial charge in [-0.25, -0.2) is 4.79 Å². The molecular weight excluding hydrogens is 348 g/mol. The van der Waals surface area contributed by atoms with Gasteiger partial charge in [0.1, 0.15) is 0 Å². The summed E-state index contributed by atoms with van der Waals surface area (Å²) >= 11 is 0. The molecule has 0 N–H and O–H groups in total. The summed E-state index contributed by atoms with van der Waals surface area (Å²) in [6.45, 7) is 15.0. The average molecular weight is 387 g/mol. The van der Waals surface area contributed by atoms with Gasteiger partial charge in [0.2, 0.25) is 0 Å². The number of hydrogen-bond donors (Lipinski definition) is 0. The molecule has 1 aliphatic heterocycles. The first-order valence-electron chi connectivity index (χ1n) is 10.1.